The van der Waals surface area contributed by atoms with Crippen LogP contribution in [-0.4, -0.2) is 36.5 Å². The Morgan fingerprint density at radius 2 is 2.14 bits per heavy atom. The molecule has 0 saturated carbocycles. The maximum Gasteiger partial charge on any atom is 0.249 e. The van der Waals surface area contributed by atoms with Gasteiger partial charge in [-0.25, -0.2) is 0 Å². The zero-order valence-electron chi connectivity index (χ0n) is 12.2. The Labute approximate surface area is 136 Å². The molecular formula is C15H23ClN2O2S. The van der Waals surface area contributed by atoms with Gasteiger partial charge in [0.25, 0.3) is 0 Å². The fourth-order valence-electron chi connectivity index (χ4n) is 2.20. The monoisotopic (exact) mass is 330 g/mol. The second-order valence-corrected chi connectivity index (χ2v) is 6.56. The van der Waals surface area contributed by atoms with Gasteiger partial charge in [0.1, 0.15) is 6.10 Å². The predicted molar refractivity (Wildman–Crippen MR) is 89.0 cm³/mol. The highest BCUT2D eigenvalue weighted by molar-refractivity contribution is 8.00. The first kappa shape index (κ1) is 18.3. The molecule has 1 aliphatic heterocycles. The Hall–Kier alpha value is -0.750. The largest absolute Gasteiger partial charge is 0.364 e. The second-order valence-electron chi connectivity index (χ2n) is 5.05. The summed E-state index contributed by atoms with van der Waals surface area (Å²) >= 11 is 1.76. The number of ether oxygens (including phenoxy) is 1. The summed E-state index contributed by atoms with van der Waals surface area (Å²) in [6, 6.07) is 10.2. The number of benzene rings is 1. The Bertz CT molecular complexity index is 433. The molecular weight excluding hydrogens is 308 g/mol. The van der Waals surface area contributed by atoms with Crippen molar-refractivity contribution in [2.75, 3.05) is 13.1 Å². The molecule has 21 heavy (non-hydrogen) atoms. The normalized spacial score (nSPS) is 22.4. The molecule has 2 rings (SSSR count). The van der Waals surface area contributed by atoms with E-state index in [4.69, 9.17) is 10.5 Å². The molecule has 0 spiro atoms. The van der Waals surface area contributed by atoms with E-state index in [1.165, 1.54) is 4.90 Å². The van der Waals surface area contributed by atoms with Crippen LogP contribution in [0.5, 0.6) is 0 Å². The van der Waals surface area contributed by atoms with Gasteiger partial charge < -0.3 is 15.8 Å². The first-order chi connectivity index (χ1) is 9.69. The highest BCUT2D eigenvalue weighted by atomic mass is 35.5. The van der Waals surface area contributed by atoms with E-state index >= 15 is 0 Å². The lowest BCUT2D eigenvalue weighted by Crippen LogP contribution is -2.38. The molecule has 3 atom stereocenters. The number of hydrogen-bond acceptors (Lipinski definition) is 4. The van der Waals surface area contributed by atoms with Crippen molar-refractivity contribution in [3.63, 3.8) is 0 Å². The smallest absolute Gasteiger partial charge is 0.249 e. The van der Waals surface area contributed by atoms with Gasteiger partial charge in [-0.2, -0.15) is 0 Å². The quantitative estimate of drug-likeness (QED) is 0.785. The SMILES string of the molecule is CC(CNC(=O)[C@@H]1CC[C@H](CN)O1)Sc1ccccc1.Cl. The van der Waals surface area contributed by atoms with E-state index in [1.54, 1.807) is 11.8 Å². The minimum Gasteiger partial charge on any atom is -0.364 e. The molecule has 0 aliphatic carbocycles. The van der Waals surface area contributed by atoms with E-state index in [0.717, 1.165) is 12.8 Å². The van der Waals surface area contributed by atoms with Crippen LogP contribution in [0.1, 0.15) is 19.8 Å². The van der Waals surface area contributed by atoms with Crippen LogP contribution in [0.2, 0.25) is 0 Å². The zero-order chi connectivity index (χ0) is 14.4. The number of hydrogen-bond donors (Lipinski definition) is 2. The number of carbonyl (C=O) groups excluding carboxylic acids is 1. The molecule has 6 heteroatoms. The van der Waals surface area contributed by atoms with Crippen LogP contribution in [0.25, 0.3) is 0 Å². The van der Waals surface area contributed by atoms with E-state index in [2.05, 4.69) is 24.4 Å². The van der Waals surface area contributed by atoms with Crippen LogP contribution in [0.15, 0.2) is 35.2 Å². The fourth-order valence-corrected chi connectivity index (χ4v) is 3.15. The lowest BCUT2D eigenvalue weighted by Gasteiger charge is -2.15. The van der Waals surface area contributed by atoms with Gasteiger partial charge >= 0.3 is 0 Å². The summed E-state index contributed by atoms with van der Waals surface area (Å²) in [4.78, 5) is 13.2. The molecule has 1 fully saturated rings. The van der Waals surface area contributed by atoms with Crippen molar-refractivity contribution in [2.45, 2.75) is 42.1 Å². The average Bonchev–Trinajstić information content (AvgIpc) is 2.95. The van der Waals surface area contributed by atoms with Gasteiger partial charge in [0.05, 0.1) is 6.10 Å². The third kappa shape index (κ3) is 5.87. The zero-order valence-corrected chi connectivity index (χ0v) is 13.8. The molecule has 118 valence electrons. The number of rotatable bonds is 6. The number of amides is 1. The maximum absolute atomic E-state index is 12.0. The van der Waals surface area contributed by atoms with Crippen LogP contribution in [0.3, 0.4) is 0 Å². The molecule has 4 nitrogen and oxygen atoms in total. The number of halogens is 1. The van der Waals surface area contributed by atoms with Crippen molar-refractivity contribution < 1.29 is 9.53 Å². The average molecular weight is 331 g/mol. The molecule has 1 saturated heterocycles. The molecule has 1 heterocycles. The molecule has 0 bridgehead atoms. The van der Waals surface area contributed by atoms with Crippen molar-refractivity contribution in [1.82, 2.24) is 5.32 Å². The Kier molecular flexibility index (Phi) is 8.11. The van der Waals surface area contributed by atoms with Crippen molar-refractivity contribution in [3.05, 3.63) is 30.3 Å². The summed E-state index contributed by atoms with van der Waals surface area (Å²) < 4.78 is 5.58. The molecule has 0 radical (unpaired) electrons. The van der Waals surface area contributed by atoms with Gasteiger partial charge in [-0.15, -0.1) is 24.2 Å². The number of nitrogens with one attached hydrogen (secondary N) is 1. The minimum atomic E-state index is -0.322. The number of carbonyl (C=O) groups is 1. The Morgan fingerprint density at radius 1 is 1.43 bits per heavy atom. The van der Waals surface area contributed by atoms with Crippen molar-refractivity contribution in [3.8, 4) is 0 Å². The molecule has 1 aromatic rings. The van der Waals surface area contributed by atoms with E-state index in [0.29, 0.717) is 18.3 Å². The Morgan fingerprint density at radius 3 is 2.76 bits per heavy atom. The fraction of sp³-hybridized carbons (Fsp3) is 0.533. The summed E-state index contributed by atoms with van der Waals surface area (Å²) in [7, 11) is 0. The highest BCUT2D eigenvalue weighted by Crippen LogP contribution is 2.22. The van der Waals surface area contributed by atoms with Crippen LogP contribution in [0.4, 0.5) is 0 Å². The summed E-state index contributed by atoms with van der Waals surface area (Å²) in [6.45, 7) is 3.24. The lowest BCUT2D eigenvalue weighted by molar-refractivity contribution is -0.131. The van der Waals surface area contributed by atoms with Crippen molar-refractivity contribution >= 4 is 30.1 Å². The van der Waals surface area contributed by atoms with Gasteiger partial charge in [0, 0.05) is 23.2 Å². The van der Waals surface area contributed by atoms with E-state index in [9.17, 15) is 4.79 Å². The highest BCUT2D eigenvalue weighted by Gasteiger charge is 2.29. The lowest BCUT2D eigenvalue weighted by atomic mass is 10.2. The van der Waals surface area contributed by atoms with Crippen molar-refractivity contribution in [2.24, 2.45) is 5.73 Å². The first-order valence-electron chi connectivity index (χ1n) is 7.04. The number of thioether (sulfide) groups is 1. The van der Waals surface area contributed by atoms with E-state index in [1.807, 2.05) is 18.2 Å². The molecule has 1 aliphatic rings. The third-order valence-corrected chi connectivity index (χ3v) is 4.42. The predicted octanol–water partition coefficient (Wildman–Crippen LogP) is 2.21. The van der Waals surface area contributed by atoms with E-state index < -0.39 is 0 Å². The Balaban J connectivity index is 0.00000220. The standard InChI is InChI=1S/C15H22N2O2S.ClH/c1-11(20-13-5-3-2-4-6-13)10-17-15(18)14-8-7-12(9-16)19-14;/h2-6,11-12,14H,7-10,16H2,1H3,(H,17,18);1H/t11?,12-,14+;/m1./s1. The summed E-state index contributed by atoms with van der Waals surface area (Å²) in [5.41, 5.74) is 5.54. The van der Waals surface area contributed by atoms with Gasteiger partial charge in [-0.3, -0.25) is 4.79 Å². The van der Waals surface area contributed by atoms with Gasteiger partial charge in [0.2, 0.25) is 5.91 Å². The van der Waals surface area contributed by atoms with E-state index in [-0.39, 0.29) is 30.5 Å². The van der Waals surface area contributed by atoms with Crippen LogP contribution < -0.4 is 11.1 Å². The maximum atomic E-state index is 12.0. The first-order valence-corrected chi connectivity index (χ1v) is 7.92. The molecule has 0 aromatic heterocycles. The molecule has 3 N–H and O–H groups in total. The summed E-state index contributed by atoms with van der Waals surface area (Å²) in [6.07, 6.45) is 1.37. The summed E-state index contributed by atoms with van der Waals surface area (Å²) in [5, 5.41) is 3.29. The second kappa shape index (κ2) is 9.30. The molecule has 1 unspecified atom stereocenters. The molecule has 1 aromatic carbocycles. The van der Waals surface area contributed by atoms with Crippen LogP contribution in [0, 0.1) is 0 Å². The topological polar surface area (TPSA) is 64.4 Å². The minimum absolute atomic E-state index is 0. The number of nitrogens with two attached hydrogens (primary N) is 1. The van der Waals surface area contributed by atoms with Gasteiger partial charge in [-0.05, 0) is 25.0 Å². The summed E-state index contributed by atoms with van der Waals surface area (Å²) in [5.74, 6) is -0.0125. The van der Waals surface area contributed by atoms with Gasteiger partial charge in [0.15, 0.2) is 0 Å². The van der Waals surface area contributed by atoms with Gasteiger partial charge in [-0.1, -0.05) is 25.1 Å². The van der Waals surface area contributed by atoms with Crippen LogP contribution in [-0.2, 0) is 9.53 Å². The third-order valence-electron chi connectivity index (χ3n) is 3.31. The van der Waals surface area contributed by atoms with Crippen molar-refractivity contribution in [1.29, 1.82) is 0 Å². The van der Waals surface area contributed by atoms with Crippen LogP contribution >= 0.6 is 24.2 Å². The molecule has 1 amide bonds.